The van der Waals surface area contributed by atoms with Gasteiger partial charge in [-0.1, -0.05) is 6.58 Å². The van der Waals surface area contributed by atoms with Crippen molar-refractivity contribution < 1.29 is 17.4 Å². The average molecular weight is 173 g/mol. The molecule has 0 amide bonds. The second kappa shape index (κ2) is 2.61. The van der Waals surface area contributed by atoms with Gasteiger partial charge in [0.2, 0.25) is 0 Å². The normalized spacial score (nSPS) is 17.6. The summed E-state index contributed by atoms with van der Waals surface area (Å²) in [5.74, 6) is 0. The number of nitrogens with zero attached hydrogens (tertiary/aromatic N) is 1. The second-order valence-electron chi connectivity index (χ2n) is 1.59. The van der Waals surface area contributed by atoms with Crippen molar-refractivity contribution in [2.45, 2.75) is 6.30 Å². The van der Waals surface area contributed by atoms with E-state index in [0.29, 0.717) is 5.41 Å². The van der Waals surface area contributed by atoms with Crippen molar-refractivity contribution >= 4 is 9.73 Å². The molecule has 60 valence electrons. The van der Waals surface area contributed by atoms with Crippen molar-refractivity contribution in [3.8, 4) is 0 Å². The molecule has 2 nitrogen and oxygen atoms in total. The van der Waals surface area contributed by atoms with E-state index >= 15 is 0 Å². The third-order valence-electron chi connectivity index (χ3n) is 0.594. The molecule has 0 aliphatic carbocycles. The van der Waals surface area contributed by atoms with Gasteiger partial charge in [0.05, 0.1) is 9.73 Å². The summed E-state index contributed by atoms with van der Waals surface area (Å²) in [4.78, 5) is 0. The molecule has 0 saturated heterocycles. The largest absolute Gasteiger partial charge is 0.511 e. The van der Waals surface area contributed by atoms with Gasteiger partial charge >= 0.3 is 6.30 Å². The highest BCUT2D eigenvalue weighted by molar-refractivity contribution is 7.95. The summed E-state index contributed by atoms with van der Waals surface area (Å²) in [5.41, 5.74) is 0. The molecule has 0 heterocycles. The van der Waals surface area contributed by atoms with Crippen LogP contribution < -0.4 is 0 Å². The molecule has 0 aliphatic rings. The minimum atomic E-state index is -4.74. The topological polar surface area (TPSA) is 29.4 Å². The summed E-state index contributed by atoms with van der Waals surface area (Å²) in [6.07, 6.45) is -3.87. The molecule has 0 aliphatic heterocycles. The lowest BCUT2D eigenvalue weighted by Crippen LogP contribution is -2.06. The Balaban J connectivity index is 4.79. The lowest BCUT2D eigenvalue weighted by Gasteiger charge is -1.99. The van der Waals surface area contributed by atoms with E-state index in [4.69, 9.17) is 0 Å². The first-order chi connectivity index (χ1) is 4.27. The second-order valence-corrected chi connectivity index (χ2v) is 3.83. The Morgan fingerprint density at radius 3 is 2.10 bits per heavy atom. The fourth-order valence-electron chi connectivity index (χ4n) is 0.243. The third kappa shape index (κ3) is 4.37. The Bertz CT molecular complexity index is 235. The lowest BCUT2D eigenvalue weighted by atomic mass is 11.3. The van der Waals surface area contributed by atoms with Crippen molar-refractivity contribution in [1.82, 2.24) is 0 Å². The third-order valence-corrected chi connectivity index (χ3v) is 1.78. The SMILES string of the molecule is C=CS(C)(=O)=NC(F)(F)F. The molecule has 0 aromatic heterocycles. The first-order valence-corrected chi connectivity index (χ1v) is 4.18. The molecule has 0 aromatic rings. The van der Waals surface area contributed by atoms with E-state index in [0.717, 1.165) is 6.26 Å². The fraction of sp³-hybridized carbons (Fsp3) is 0.500. The Hall–Kier alpha value is -0.520. The van der Waals surface area contributed by atoms with E-state index < -0.39 is 16.0 Å². The average Bonchev–Trinajstić information content (AvgIpc) is 1.60. The van der Waals surface area contributed by atoms with Crippen LogP contribution in [-0.4, -0.2) is 16.8 Å². The summed E-state index contributed by atoms with van der Waals surface area (Å²) in [7, 11) is -3.26. The van der Waals surface area contributed by atoms with E-state index in [9.17, 15) is 17.4 Å². The predicted octanol–water partition coefficient (Wildman–Crippen LogP) is 1.75. The zero-order valence-electron chi connectivity index (χ0n) is 5.18. The molecule has 0 rings (SSSR count). The van der Waals surface area contributed by atoms with Crippen LogP contribution in [0.25, 0.3) is 0 Å². The highest BCUT2D eigenvalue weighted by Gasteiger charge is 2.27. The number of hydrogen-bond acceptors (Lipinski definition) is 2. The van der Waals surface area contributed by atoms with Gasteiger partial charge in [0.1, 0.15) is 0 Å². The highest BCUT2D eigenvalue weighted by Crippen LogP contribution is 2.18. The van der Waals surface area contributed by atoms with Crippen molar-refractivity contribution in [1.29, 1.82) is 0 Å². The molecule has 6 heteroatoms. The van der Waals surface area contributed by atoms with Gasteiger partial charge in [-0.2, -0.15) is 0 Å². The van der Waals surface area contributed by atoms with E-state index in [1.165, 1.54) is 0 Å². The van der Waals surface area contributed by atoms with Gasteiger partial charge in [-0.25, -0.2) is 4.21 Å². The van der Waals surface area contributed by atoms with E-state index in [1.54, 1.807) is 0 Å². The Morgan fingerprint density at radius 2 is 2.00 bits per heavy atom. The molecular formula is C4H6F3NOS. The minimum absolute atomic E-state index is 0.681. The van der Waals surface area contributed by atoms with Crippen LogP contribution in [0.15, 0.2) is 16.3 Å². The van der Waals surface area contributed by atoms with Crippen LogP contribution in [-0.2, 0) is 9.73 Å². The molecule has 0 aromatic carbocycles. The zero-order valence-corrected chi connectivity index (χ0v) is 6.00. The molecular weight excluding hydrogens is 167 g/mol. The van der Waals surface area contributed by atoms with Crippen LogP contribution in [0.5, 0.6) is 0 Å². The first kappa shape index (κ1) is 9.48. The van der Waals surface area contributed by atoms with Crippen LogP contribution in [0.3, 0.4) is 0 Å². The van der Waals surface area contributed by atoms with E-state index in [1.807, 2.05) is 0 Å². The molecule has 0 N–H and O–H groups in total. The molecule has 0 bridgehead atoms. The summed E-state index contributed by atoms with van der Waals surface area (Å²) in [5, 5.41) is 0.681. The van der Waals surface area contributed by atoms with Crippen molar-refractivity contribution in [2.24, 2.45) is 4.36 Å². The van der Waals surface area contributed by atoms with Gasteiger partial charge in [-0.15, -0.1) is 17.5 Å². The van der Waals surface area contributed by atoms with Gasteiger partial charge in [-0.3, -0.25) is 0 Å². The number of hydrogen-bond donors (Lipinski definition) is 0. The van der Waals surface area contributed by atoms with Gasteiger partial charge < -0.3 is 0 Å². The monoisotopic (exact) mass is 173 g/mol. The first-order valence-electron chi connectivity index (χ1n) is 2.19. The number of halogens is 3. The zero-order chi connectivity index (χ0) is 8.41. The molecule has 0 saturated carbocycles. The molecule has 10 heavy (non-hydrogen) atoms. The van der Waals surface area contributed by atoms with E-state index in [2.05, 4.69) is 10.9 Å². The quantitative estimate of drug-likeness (QED) is 0.555. The number of rotatable bonds is 1. The van der Waals surface area contributed by atoms with Crippen molar-refractivity contribution in [2.75, 3.05) is 6.26 Å². The Morgan fingerprint density at radius 1 is 1.60 bits per heavy atom. The standard InChI is InChI=1S/C4H6F3NOS/c1-3-10(2,9)8-4(5,6)7/h3H,1H2,2H3. The van der Waals surface area contributed by atoms with Gasteiger partial charge in [0, 0.05) is 11.7 Å². The lowest BCUT2D eigenvalue weighted by molar-refractivity contribution is -0.117. The van der Waals surface area contributed by atoms with E-state index in [-0.39, 0.29) is 0 Å². The summed E-state index contributed by atoms with van der Waals surface area (Å²) < 4.78 is 46.7. The van der Waals surface area contributed by atoms with Gasteiger partial charge in [-0.05, 0) is 0 Å². The van der Waals surface area contributed by atoms with Crippen LogP contribution in [0.4, 0.5) is 13.2 Å². The van der Waals surface area contributed by atoms with Crippen molar-refractivity contribution in [3.63, 3.8) is 0 Å². The van der Waals surface area contributed by atoms with Gasteiger partial charge in [0.25, 0.3) is 0 Å². The predicted molar refractivity (Wildman–Crippen MR) is 32.7 cm³/mol. The Kier molecular flexibility index (Phi) is 2.48. The Labute approximate surface area is 56.9 Å². The summed E-state index contributed by atoms with van der Waals surface area (Å²) >= 11 is 0. The van der Waals surface area contributed by atoms with Crippen LogP contribution in [0.1, 0.15) is 0 Å². The van der Waals surface area contributed by atoms with Crippen LogP contribution in [0.2, 0.25) is 0 Å². The molecule has 0 spiro atoms. The summed E-state index contributed by atoms with van der Waals surface area (Å²) in [6.45, 7) is 2.95. The maximum Gasteiger partial charge on any atom is 0.511 e. The minimum Gasteiger partial charge on any atom is -0.245 e. The van der Waals surface area contributed by atoms with Gasteiger partial charge in [0.15, 0.2) is 0 Å². The molecule has 1 unspecified atom stereocenters. The molecule has 0 radical (unpaired) electrons. The smallest absolute Gasteiger partial charge is 0.245 e. The molecule has 0 fully saturated rings. The maximum absolute atomic E-state index is 11.3. The maximum atomic E-state index is 11.3. The molecule has 1 atom stereocenters. The van der Waals surface area contributed by atoms with Crippen LogP contribution in [0, 0.1) is 0 Å². The fourth-order valence-corrected chi connectivity index (χ4v) is 0.728. The van der Waals surface area contributed by atoms with Crippen LogP contribution >= 0.6 is 0 Å². The van der Waals surface area contributed by atoms with Crippen molar-refractivity contribution in [3.05, 3.63) is 12.0 Å². The highest BCUT2D eigenvalue weighted by atomic mass is 32.2. The number of alkyl halides is 3. The summed E-state index contributed by atoms with van der Waals surface area (Å²) in [6, 6.07) is 0.